The van der Waals surface area contributed by atoms with Crippen molar-refractivity contribution in [2.75, 3.05) is 12.4 Å². The highest BCUT2D eigenvalue weighted by molar-refractivity contribution is 6.36. The number of ether oxygens (including phenoxy) is 1. The Balaban J connectivity index is 1.80. The van der Waals surface area contributed by atoms with Crippen molar-refractivity contribution in [3.05, 3.63) is 89.8 Å². The van der Waals surface area contributed by atoms with Crippen LogP contribution in [0.3, 0.4) is 0 Å². The summed E-state index contributed by atoms with van der Waals surface area (Å²) in [5.41, 5.74) is 1.03. The van der Waals surface area contributed by atoms with Crippen LogP contribution in [-0.2, 0) is 16.1 Å². The molecule has 1 aliphatic rings. The molecule has 0 saturated carbocycles. The van der Waals surface area contributed by atoms with Gasteiger partial charge in [0.15, 0.2) is 0 Å². The lowest BCUT2D eigenvalue weighted by Gasteiger charge is -2.14. The Kier molecular flexibility index (Phi) is 4.87. The topological polar surface area (TPSA) is 71.8 Å². The van der Waals surface area contributed by atoms with E-state index >= 15 is 0 Å². The number of para-hydroxylation sites is 1. The van der Waals surface area contributed by atoms with Gasteiger partial charge in [0.2, 0.25) is 0 Å². The van der Waals surface area contributed by atoms with E-state index in [0.717, 1.165) is 4.90 Å². The van der Waals surface area contributed by atoms with E-state index in [-0.39, 0.29) is 17.8 Å². The highest BCUT2D eigenvalue weighted by Crippen LogP contribution is 2.35. The molecule has 1 aliphatic heterocycles. The molecule has 2 amide bonds. The van der Waals surface area contributed by atoms with Crippen LogP contribution < -0.4 is 10.1 Å². The molecule has 7 heteroatoms. The Hall–Kier alpha value is -3.87. The van der Waals surface area contributed by atoms with Crippen molar-refractivity contribution < 1.29 is 23.1 Å². The van der Waals surface area contributed by atoms with Gasteiger partial charge in [0.05, 0.1) is 25.5 Å². The number of anilines is 1. The Labute approximate surface area is 166 Å². The van der Waals surface area contributed by atoms with E-state index in [1.54, 1.807) is 42.5 Å². The molecule has 0 saturated heterocycles. The number of hydrogen-bond donors (Lipinski definition) is 1. The minimum atomic E-state index is -0.531. The lowest BCUT2D eigenvalue weighted by atomic mass is 10.0. The molecular formula is C22H17FN2O4. The molecule has 1 aromatic heterocycles. The van der Waals surface area contributed by atoms with Crippen LogP contribution in [0.25, 0.3) is 5.57 Å². The molecule has 1 N–H and O–H groups in total. The average molecular weight is 392 g/mol. The van der Waals surface area contributed by atoms with Crippen LogP contribution in [0.4, 0.5) is 10.1 Å². The van der Waals surface area contributed by atoms with Crippen LogP contribution in [0.15, 0.2) is 77.0 Å². The SMILES string of the molecule is COc1ccccc1C1=C(Nc2cccc(F)c2)C(=O)N(Cc2ccco2)C1=O. The third kappa shape index (κ3) is 3.50. The first-order valence-corrected chi connectivity index (χ1v) is 8.87. The number of carbonyl (C=O) groups is 2. The number of benzene rings is 2. The summed E-state index contributed by atoms with van der Waals surface area (Å²) in [6, 6.07) is 16.0. The summed E-state index contributed by atoms with van der Waals surface area (Å²) in [6.45, 7) is -0.0162. The van der Waals surface area contributed by atoms with E-state index < -0.39 is 17.6 Å². The Morgan fingerprint density at radius 2 is 1.86 bits per heavy atom. The van der Waals surface area contributed by atoms with E-state index in [4.69, 9.17) is 9.15 Å². The molecule has 0 atom stereocenters. The number of nitrogens with zero attached hydrogens (tertiary/aromatic N) is 1. The first-order chi connectivity index (χ1) is 14.1. The molecule has 0 unspecified atom stereocenters. The van der Waals surface area contributed by atoms with Crippen LogP contribution in [0.1, 0.15) is 11.3 Å². The third-order valence-electron chi connectivity index (χ3n) is 4.53. The summed E-state index contributed by atoms with van der Waals surface area (Å²) in [4.78, 5) is 27.4. The van der Waals surface area contributed by atoms with E-state index in [1.165, 1.54) is 31.6 Å². The van der Waals surface area contributed by atoms with Gasteiger partial charge in [0, 0.05) is 11.3 Å². The van der Waals surface area contributed by atoms with Gasteiger partial charge in [-0.1, -0.05) is 24.3 Å². The third-order valence-corrected chi connectivity index (χ3v) is 4.53. The van der Waals surface area contributed by atoms with Gasteiger partial charge in [-0.25, -0.2) is 4.39 Å². The average Bonchev–Trinajstić information content (AvgIpc) is 3.31. The number of furan rings is 1. The van der Waals surface area contributed by atoms with Crippen LogP contribution >= 0.6 is 0 Å². The van der Waals surface area contributed by atoms with E-state index in [9.17, 15) is 14.0 Å². The van der Waals surface area contributed by atoms with E-state index in [2.05, 4.69) is 5.32 Å². The summed E-state index contributed by atoms with van der Waals surface area (Å²) in [5.74, 6) is -0.565. The van der Waals surface area contributed by atoms with Crippen molar-refractivity contribution in [1.29, 1.82) is 0 Å². The molecule has 2 aromatic carbocycles. The second-order valence-electron chi connectivity index (χ2n) is 6.36. The fourth-order valence-electron chi connectivity index (χ4n) is 3.21. The number of nitrogens with one attached hydrogen (secondary N) is 1. The maximum atomic E-state index is 13.6. The van der Waals surface area contributed by atoms with Gasteiger partial charge in [-0.3, -0.25) is 14.5 Å². The standard InChI is InChI=1S/C22H17FN2O4/c1-28-18-10-3-2-9-17(18)19-20(24-15-7-4-6-14(23)12-15)22(27)25(21(19)26)13-16-8-5-11-29-16/h2-12,24H,13H2,1H3. The van der Waals surface area contributed by atoms with Crippen molar-refractivity contribution >= 4 is 23.1 Å². The van der Waals surface area contributed by atoms with Gasteiger partial charge in [-0.2, -0.15) is 0 Å². The number of imide groups is 1. The Bertz CT molecular complexity index is 1110. The maximum absolute atomic E-state index is 13.6. The fraction of sp³-hybridized carbons (Fsp3) is 0.0909. The molecule has 0 spiro atoms. The Morgan fingerprint density at radius 3 is 2.59 bits per heavy atom. The molecule has 0 aliphatic carbocycles. The van der Waals surface area contributed by atoms with Crippen LogP contribution in [-0.4, -0.2) is 23.8 Å². The van der Waals surface area contributed by atoms with Crippen molar-refractivity contribution in [3.63, 3.8) is 0 Å². The molecule has 0 fully saturated rings. The predicted octanol–water partition coefficient (Wildman–Crippen LogP) is 3.82. The summed E-state index contributed by atoms with van der Waals surface area (Å²) in [5, 5.41) is 2.91. The van der Waals surface area contributed by atoms with Crippen molar-refractivity contribution in [2.45, 2.75) is 6.54 Å². The van der Waals surface area contributed by atoms with Crippen LogP contribution in [0.2, 0.25) is 0 Å². The Morgan fingerprint density at radius 1 is 1.03 bits per heavy atom. The smallest absolute Gasteiger partial charge is 0.278 e. The summed E-state index contributed by atoms with van der Waals surface area (Å²) in [7, 11) is 1.49. The number of methoxy groups -OCH3 is 1. The molecular weight excluding hydrogens is 375 g/mol. The highest BCUT2D eigenvalue weighted by atomic mass is 19.1. The van der Waals surface area contributed by atoms with Gasteiger partial charge in [0.25, 0.3) is 11.8 Å². The first kappa shape index (κ1) is 18.5. The monoisotopic (exact) mass is 392 g/mol. The second-order valence-corrected chi connectivity index (χ2v) is 6.36. The van der Waals surface area contributed by atoms with Crippen LogP contribution in [0, 0.1) is 5.82 Å². The maximum Gasteiger partial charge on any atom is 0.278 e. The first-order valence-electron chi connectivity index (χ1n) is 8.87. The van der Waals surface area contributed by atoms with Gasteiger partial charge >= 0.3 is 0 Å². The second kappa shape index (κ2) is 7.63. The lowest BCUT2D eigenvalue weighted by molar-refractivity contribution is -0.137. The molecule has 0 bridgehead atoms. The van der Waals surface area contributed by atoms with E-state index in [1.807, 2.05) is 0 Å². The summed E-state index contributed by atoms with van der Waals surface area (Å²) in [6.07, 6.45) is 1.47. The van der Waals surface area contributed by atoms with Crippen molar-refractivity contribution in [1.82, 2.24) is 4.90 Å². The molecule has 6 nitrogen and oxygen atoms in total. The lowest BCUT2D eigenvalue weighted by Crippen LogP contribution is -2.31. The zero-order valence-electron chi connectivity index (χ0n) is 15.5. The quantitative estimate of drug-likeness (QED) is 0.646. The van der Waals surface area contributed by atoms with Gasteiger partial charge in [0.1, 0.15) is 23.0 Å². The largest absolute Gasteiger partial charge is 0.496 e. The number of halogens is 1. The van der Waals surface area contributed by atoms with Crippen LogP contribution in [0.5, 0.6) is 5.75 Å². The zero-order chi connectivity index (χ0) is 20.4. The zero-order valence-corrected chi connectivity index (χ0v) is 15.5. The molecule has 2 heterocycles. The number of rotatable bonds is 6. The molecule has 29 heavy (non-hydrogen) atoms. The minimum Gasteiger partial charge on any atom is -0.496 e. The number of hydrogen-bond acceptors (Lipinski definition) is 5. The molecule has 0 radical (unpaired) electrons. The minimum absolute atomic E-state index is 0.0162. The summed E-state index contributed by atoms with van der Waals surface area (Å²) < 4.78 is 24.3. The highest BCUT2D eigenvalue weighted by Gasteiger charge is 2.40. The molecule has 4 rings (SSSR count). The molecule has 3 aromatic rings. The normalized spacial score (nSPS) is 13.9. The summed E-state index contributed by atoms with van der Waals surface area (Å²) >= 11 is 0. The molecule has 146 valence electrons. The predicted molar refractivity (Wildman–Crippen MR) is 104 cm³/mol. The number of amides is 2. The fourth-order valence-corrected chi connectivity index (χ4v) is 3.21. The van der Waals surface area contributed by atoms with Crippen molar-refractivity contribution in [2.24, 2.45) is 0 Å². The van der Waals surface area contributed by atoms with Gasteiger partial charge in [-0.05, 0) is 36.4 Å². The van der Waals surface area contributed by atoms with E-state index in [0.29, 0.717) is 22.8 Å². The van der Waals surface area contributed by atoms with Crippen molar-refractivity contribution in [3.8, 4) is 5.75 Å². The number of carbonyl (C=O) groups excluding carboxylic acids is 2. The van der Waals surface area contributed by atoms with Gasteiger partial charge in [-0.15, -0.1) is 0 Å². The van der Waals surface area contributed by atoms with Gasteiger partial charge < -0.3 is 14.5 Å².